The van der Waals surface area contributed by atoms with Gasteiger partial charge in [-0.05, 0) is 19.1 Å². The minimum Gasteiger partial charge on any atom is -0.473 e. The summed E-state index contributed by atoms with van der Waals surface area (Å²) in [4.78, 5) is 15.6. The summed E-state index contributed by atoms with van der Waals surface area (Å²) in [5.74, 6) is 0.0890. The van der Waals surface area contributed by atoms with E-state index < -0.39 is 0 Å². The number of nitrogens with zero attached hydrogens (tertiary/aromatic N) is 1. The molecule has 104 valence electrons. The SMILES string of the molecule is CCOC(=O)c1ccc(OCc2ccccc2Br)nc1. The van der Waals surface area contributed by atoms with E-state index in [1.54, 1.807) is 19.1 Å². The van der Waals surface area contributed by atoms with Crippen molar-refractivity contribution in [3.05, 3.63) is 58.2 Å². The van der Waals surface area contributed by atoms with E-state index in [9.17, 15) is 4.79 Å². The molecule has 4 nitrogen and oxygen atoms in total. The number of hydrogen-bond donors (Lipinski definition) is 0. The number of ether oxygens (including phenoxy) is 2. The monoisotopic (exact) mass is 335 g/mol. The molecule has 0 saturated carbocycles. The molecule has 0 N–H and O–H groups in total. The molecule has 1 aromatic carbocycles. The topological polar surface area (TPSA) is 48.4 Å². The van der Waals surface area contributed by atoms with Crippen molar-refractivity contribution in [2.45, 2.75) is 13.5 Å². The van der Waals surface area contributed by atoms with Crippen molar-refractivity contribution in [1.29, 1.82) is 0 Å². The third kappa shape index (κ3) is 3.81. The summed E-state index contributed by atoms with van der Waals surface area (Å²) >= 11 is 3.46. The van der Waals surface area contributed by atoms with E-state index >= 15 is 0 Å². The van der Waals surface area contributed by atoms with Crippen LogP contribution in [0.5, 0.6) is 5.88 Å². The van der Waals surface area contributed by atoms with Gasteiger partial charge in [0.25, 0.3) is 0 Å². The number of carbonyl (C=O) groups excluding carboxylic acids is 1. The lowest BCUT2D eigenvalue weighted by atomic mass is 10.2. The molecule has 0 bridgehead atoms. The van der Waals surface area contributed by atoms with Crippen LogP contribution < -0.4 is 4.74 Å². The number of esters is 1. The summed E-state index contributed by atoms with van der Waals surface area (Å²) in [5, 5.41) is 0. The summed E-state index contributed by atoms with van der Waals surface area (Å²) in [6, 6.07) is 11.1. The Kier molecular flexibility index (Phi) is 5.12. The Labute approximate surface area is 125 Å². The first-order valence-electron chi connectivity index (χ1n) is 6.20. The fraction of sp³-hybridized carbons (Fsp3) is 0.200. The van der Waals surface area contributed by atoms with E-state index in [0.717, 1.165) is 10.0 Å². The first kappa shape index (κ1) is 14.5. The van der Waals surface area contributed by atoms with Crippen molar-refractivity contribution in [2.75, 3.05) is 6.61 Å². The zero-order valence-corrected chi connectivity index (χ0v) is 12.6. The third-order valence-corrected chi connectivity index (χ3v) is 3.35. The lowest BCUT2D eigenvalue weighted by molar-refractivity contribution is 0.0526. The van der Waals surface area contributed by atoms with Gasteiger partial charge in [0.15, 0.2) is 0 Å². The molecule has 0 saturated heterocycles. The Balaban J connectivity index is 1.98. The molecule has 0 radical (unpaired) electrons. The molecule has 0 spiro atoms. The molecule has 1 aromatic heterocycles. The standard InChI is InChI=1S/C15H14BrNO3/c1-2-19-15(18)11-7-8-14(17-9-11)20-10-12-5-3-4-6-13(12)16/h3-9H,2,10H2,1H3. The molecule has 0 aliphatic carbocycles. The average Bonchev–Trinajstić information content (AvgIpc) is 2.47. The Morgan fingerprint density at radius 3 is 2.70 bits per heavy atom. The van der Waals surface area contributed by atoms with Crippen molar-refractivity contribution in [3.8, 4) is 5.88 Å². The molecular weight excluding hydrogens is 322 g/mol. The Morgan fingerprint density at radius 1 is 1.25 bits per heavy atom. The molecule has 0 fully saturated rings. The van der Waals surface area contributed by atoms with Crippen LogP contribution >= 0.6 is 15.9 Å². The zero-order valence-electron chi connectivity index (χ0n) is 11.0. The molecule has 2 aromatic rings. The number of halogens is 1. The van der Waals surface area contributed by atoms with Crippen molar-refractivity contribution < 1.29 is 14.3 Å². The van der Waals surface area contributed by atoms with Gasteiger partial charge in [0.1, 0.15) is 6.61 Å². The first-order valence-corrected chi connectivity index (χ1v) is 6.99. The van der Waals surface area contributed by atoms with Crippen LogP contribution in [-0.4, -0.2) is 17.6 Å². The fourth-order valence-corrected chi connectivity index (χ4v) is 1.97. The Bertz CT molecular complexity index is 584. The molecule has 0 aliphatic rings. The van der Waals surface area contributed by atoms with Gasteiger partial charge in [-0.3, -0.25) is 0 Å². The number of benzene rings is 1. The molecule has 5 heteroatoms. The summed E-state index contributed by atoms with van der Waals surface area (Å²) < 4.78 is 11.5. The second-order valence-corrected chi connectivity index (χ2v) is 4.84. The highest BCUT2D eigenvalue weighted by atomic mass is 79.9. The van der Waals surface area contributed by atoms with Crippen LogP contribution in [0.15, 0.2) is 47.1 Å². The number of carbonyl (C=O) groups is 1. The van der Waals surface area contributed by atoms with E-state index in [1.807, 2.05) is 24.3 Å². The van der Waals surface area contributed by atoms with Crippen LogP contribution in [0.25, 0.3) is 0 Å². The third-order valence-electron chi connectivity index (χ3n) is 2.58. The highest BCUT2D eigenvalue weighted by molar-refractivity contribution is 9.10. The van der Waals surface area contributed by atoms with Gasteiger partial charge in [-0.2, -0.15) is 0 Å². The van der Waals surface area contributed by atoms with Gasteiger partial charge in [-0.15, -0.1) is 0 Å². The van der Waals surface area contributed by atoms with Crippen molar-refractivity contribution in [2.24, 2.45) is 0 Å². The number of hydrogen-bond acceptors (Lipinski definition) is 4. The highest BCUT2D eigenvalue weighted by Gasteiger charge is 2.07. The largest absolute Gasteiger partial charge is 0.473 e. The van der Waals surface area contributed by atoms with Gasteiger partial charge in [0, 0.05) is 22.3 Å². The smallest absolute Gasteiger partial charge is 0.339 e. The van der Waals surface area contributed by atoms with Crippen molar-refractivity contribution in [1.82, 2.24) is 4.98 Å². The van der Waals surface area contributed by atoms with Gasteiger partial charge < -0.3 is 9.47 Å². The van der Waals surface area contributed by atoms with Crippen molar-refractivity contribution in [3.63, 3.8) is 0 Å². The average molecular weight is 336 g/mol. The maximum absolute atomic E-state index is 11.5. The van der Waals surface area contributed by atoms with Gasteiger partial charge in [-0.1, -0.05) is 34.1 Å². The van der Waals surface area contributed by atoms with Crippen LogP contribution in [0.4, 0.5) is 0 Å². The molecule has 1 heterocycles. The van der Waals surface area contributed by atoms with E-state index in [2.05, 4.69) is 20.9 Å². The predicted octanol–water partition coefficient (Wildman–Crippen LogP) is 3.60. The molecule has 0 atom stereocenters. The van der Waals surface area contributed by atoms with E-state index in [-0.39, 0.29) is 5.97 Å². The van der Waals surface area contributed by atoms with Gasteiger partial charge >= 0.3 is 5.97 Å². The molecular formula is C15H14BrNO3. The maximum Gasteiger partial charge on any atom is 0.339 e. The number of rotatable bonds is 5. The summed E-state index contributed by atoms with van der Waals surface area (Å²) in [5.41, 5.74) is 1.45. The quantitative estimate of drug-likeness (QED) is 0.783. The summed E-state index contributed by atoms with van der Waals surface area (Å²) in [7, 11) is 0. The second-order valence-electron chi connectivity index (χ2n) is 3.99. The maximum atomic E-state index is 11.5. The predicted molar refractivity (Wildman–Crippen MR) is 78.7 cm³/mol. The van der Waals surface area contributed by atoms with Gasteiger partial charge in [0.05, 0.1) is 12.2 Å². The van der Waals surface area contributed by atoms with Crippen LogP contribution in [0, 0.1) is 0 Å². The summed E-state index contributed by atoms with van der Waals surface area (Å²) in [6.45, 7) is 2.52. The van der Waals surface area contributed by atoms with Gasteiger partial charge in [0.2, 0.25) is 5.88 Å². The van der Waals surface area contributed by atoms with Gasteiger partial charge in [-0.25, -0.2) is 9.78 Å². The van der Waals surface area contributed by atoms with Crippen molar-refractivity contribution >= 4 is 21.9 Å². The van der Waals surface area contributed by atoms with Crippen LogP contribution in [-0.2, 0) is 11.3 Å². The molecule has 0 aliphatic heterocycles. The highest BCUT2D eigenvalue weighted by Crippen LogP contribution is 2.18. The summed E-state index contributed by atoms with van der Waals surface area (Å²) in [6.07, 6.45) is 1.45. The first-order chi connectivity index (χ1) is 9.70. The molecule has 0 amide bonds. The zero-order chi connectivity index (χ0) is 14.4. The Morgan fingerprint density at radius 2 is 2.05 bits per heavy atom. The second kappa shape index (κ2) is 7.05. The van der Waals surface area contributed by atoms with E-state index in [0.29, 0.717) is 24.7 Å². The molecule has 2 rings (SSSR count). The number of pyridine rings is 1. The fourth-order valence-electron chi connectivity index (χ4n) is 1.57. The molecule has 0 unspecified atom stereocenters. The van der Waals surface area contributed by atoms with Crippen LogP contribution in [0.2, 0.25) is 0 Å². The normalized spacial score (nSPS) is 10.1. The molecule has 20 heavy (non-hydrogen) atoms. The lowest BCUT2D eigenvalue weighted by Crippen LogP contribution is -2.05. The lowest BCUT2D eigenvalue weighted by Gasteiger charge is -2.07. The Hall–Kier alpha value is -1.88. The minimum atomic E-state index is -0.377. The van der Waals surface area contributed by atoms with Crippen LogP contribution in [0.3, 0.4) is 0 Å². The van der Waals surface area contributed by atoms with E-state index in [4.69, 9.17) is 9.47 Å². The van der Waals surface area contributed by atoms with Crippen LogP contribution in [0.1, 0.15) is 22.8 Å². The number of aromatic nitrogens is 1. The minimum absolute atomic E-state index is 0.346. The van der Waals surface area contributed by atoms with E-state index in [1.165, 1.54) is 6.20 Å².